The summed E-state index contributed by atoms with van der Waals surface area (Å²) in [5.74, 6) is -2.57. The second-order valence-electron chi connectivity index (χ2n) is 6.77. The Balaban J connectivity index is 1.57. The van der Waals surface area contributed by atoms with Crippen molar-refractivity contribution in [2.75, 3.05) is 6.54 Å². The molecule has 0 unspecified atom stereocenters. The normalized spacial score (nSPS) is 14.9. The van der Waals surface area contributed by atoms with Crippen LogP contribution in [-0.2, 0) is 14.3 Å². The monoisotopic (exact) mass is 448 g/mol. The first-order chi connectivity index (χ1) is 14.2. The number of hydrogen-bond donors (Lipinski definition) is 1. The molecule has 0 bridgehead atoms. The Morgan fingerprint density at radius 2 is 1.63 bits per heavy atom. The van der Waals surface area contributed by atoms with Crippen LogP contribution in [0.5, 0.6) is 0 Å². The fourth-order valence-corrected chi connectivity index (χ4v) is 3.63. The van der Waals surface area contributed by atoms with Gasteiger partial charge in [0.25, 0.3) is 17.7 Å². The highest BCUT2D eigenvalue weighted by atomic mass is 35.5. The van der Waals surface area contributed by atoms with Gasteiger partial charge in [-0.1, -0.05) is 41.4 Å². The van der Waals surface area contributed by atoms with Gasteiger partial charge in [-0.25, -0.2) is 0 Å². The number of benzene rings is 2. The lowest BCUT2D eigenvalue weighted by Crippen LogP contribution is -2.41. The van der Waals surface area contributed by atoms with Crippen molar-refractivity contribution in [2.45, 2.75) is 26.0 Å². The predicted molar refractivity (Wildman–Crippen MR) is 110 cm³/mol. The zero-order valence-electron chi connectivity index (χ0n) is 16.1. The van der Waals surface area contributed by atoms with Crippen molar-refractivity contribution in [3.63, 3.8) is 0 Å². The predicted octanol–water partition coefficient (Wildman–Crippen LogP) is 3.40. The van der Waals surface area contributed by atoms with Crippen molar-refractivity contribution >= 4 is 46.9 Å². The molecule has 0 aromatic heterocycles. The third-order valence-corrected chi connectivity index (χ3v) is 5.19. The topological polar surface area (TPSA) is 92.8 Å². The number of halogens is 2. The average Bonchev–Trinajstić information content (AvgIpc) is 2.93. The van der Waals surface area contributed by atoms with E-state index in [0.29, 0.717) is 15.6 Å². The molecular weight excluding hydrogens is 431 g/mol. The van der Waals surface area contributed by atoms with Gasteiger partial charge in [-0.2, -0.15) is 0 Å². The van der Waals surface area contributed by atoms with Gasteiger partial charge in [0.15, 0.2) is 6.10 Å². The Hall–Kier alpha value is -2.90. The number of carbonyl (C=O) groups is 4. The number of amides is 3. The summed E-state index contributed by atoms with van der Waals surface area (Å²) in [7, 11) is 0. The van der Waals surface area contributed by atoms with Gasteiger partial charge in [0.1, 0.15) is 6.54 Å². The number of esters is 1. The zero-order chi connectivity index (χ0) is 22.0. The molecule has 0 saturated carbocycles. The second-order valence-corrected chi connectivity index (χ2v) is 7.61. The summed E-state index contributed by atoms with van der Waals surface area (Å²) in [4.78, 5) is 50.0. The first-order valence-electron chi connectivity index (χ1n) is 9.09. The lowest BCUT2D eigenvalue weighted by molar-refractivity contribution is -0.155. The number of ether oxygens (including phenoxy) is 1. The van der Waals surface area contributed by atoms with Gasteiger partial charge in [-0.15, -0.1) is 0 Å². The first kappa shape index (κ1) is 21.8. The molecule has 30 heavy (non-hydrogen) atoms. The molecule has 1 aliphatic rings. The molecule has 2 aromatic rings. The van der Waals surface area contributed by atoms with Crippen LogP contribution in [0.15, 0.2) is 42.5 Å². The van der Waals surface area contributed by atoms with Crippen molar-refractivity contribution < 1.29 is 23.9 Å². The molecule has 0 radical (unpaired) electrons. The highest BCUT2D eigenvalue weighted by Crippen LogP contribution is 2.26. The third kappa shape index (κ3) is 4.47. The summed E-state index contributed by atoms with van der Waals surface area (Å²) < 4.78 is 5.10. The molecule has 7 nitrogen and oxygen atoms in total. The Kier molecular flexibility index (Phi) is 6.43. The Morgan fingerprint density at radius 3 is 2.20 bits per heavy atom. The standard InChI is InChI=1S/C21H18Cl2N2O5/c1-11(14-8-7-13(22)9-17(14)23)24-19(27)12(2)30-18(26)10-25-20(28)15-5-3-4-6-16(15)21(25)29/h3-9,11-12H,10H2,1-2H3,(H,24,27)/t11-,12+/m1/s1. The lowest BCUT2D eigenvalue weighted by Gasteiger charge is -2.20. The minimum atomic E-state index is -1.14. The number of carbonyl (C=O) groups excluding carboxylic acids is 4. The lowest BCUT2D eigenvalue weighted by atomic mass is 10.1. The van der Waals surface area contributed by atoms with E-state index in [2.05, 4.69) is 5.32 Å². The number of imide groups is 1. The van der Waals surface area contributed by atoms with Crippen molar-refractivity contribution in [3.05, 3.63) is 69.2 Å². The molecular formula is C21H18Cl2N2O5. The molecule has 0 spiro atoms. The van der Waals surface area contributed by atoms with E-state index in [9.17, 15) is 19.2 Å². The minimum Gasteiger partial charge on any atom is -0.451 e. The molecule has 3 amide bonds. The fourth-order valence-electron chi connectivity index (χ4n) is 3.06. The van der Waals surface area contributed by atoms with Gasteiger partial charge in [0, 0.05) is 10.0 Å². The average molecular weight is 449 g/mol. The molecule has 1 heterocycles. The Bertz CT molecular complexity index is 1000. The van der Waals surface area contributed by atoms with Crippen LogP contribution in [0.4, 0.5) is 0 Å². The van der Waals surface area contributed by atoms with Gasteiger partial charge in [-0.05, 0) is 43.7 Å². The molecule has 1 aliphatic heterocycles. The second kappa shape index (κ2) is 8.85. The molecule has 156 valence electrons. The van der Waals surface area contributed by atoms with Crippen LogP contribution < -0.4 is 5.32 Å². The Morgan fingerprint density at radius 1 is 1.03 bits per heavy atom. The maximum atomic E-state index is 12.4. The van der Waals surface area contributed by atoms with Gasteiger partial charge in [-0.3, -0.25) is 24.1 Å². The van der Waals surface area contributed by atoms with Crippen LogP contribution in [0.3, 0.4) is 0 Å². The van der Waals surface area contributed by atoms with E-state index >= 15 is 0 Å². The van der Waals surface area contributed by atoms with Gasteiger partial charge >= 0.3 is 5.97 Å². The summed E-state index contributed by atoms with van der Waals surface area (Å²) in [6.07, 6.45) is -1.14. The van der Waals surface area contributed by atoms with E-state index in [1.54, 1.807) is 37.3 Å². The largest absolute Gasteiger partial charge is 0.451 e. The first-order valence-corrected chi connectivity index (χ1v) is 9.84. The van der Waals surface area contributed by atoms with Crippen LogP contribution in [0, 0.1) is 0 Å². The zero-order valence-corrected chi connectivity index (χ0v) is 17.7. The molecule has 2 atom stereocenters. The van der Waals surface area contributed by atoms with Crippen LogP contribution in [0.2, 0.25) is 10.0 Å². The smallest absolute Gasteiger partial charge is 0.326 e. The molecule has 9 heteroatoms. The third-order valence-electron chi connectivity index (χ3n) is 4.63. The number of fused-ring (bicyclic) bond motifs is 1. The molecule has 0 aliphatic carbocycles. The quantitative estimate of drug-likeness (QED) is 0.539. The number of rotatable bonds is 6. The summed E-state index contributed by atoms with van der Waals surface area (Å²) in [6.45, 7) is 2.54. The van der Waals surface area contributed by atoms with Crippen molar-refractivity contribution in [1.29, 1.82) is 0 Å². The van der Waals surface area contributed by atoms with Crippen LogP contribution in [0.25, 0.3) is 0 Å². The minimum absolute atomic E-state index is 0.231. The number of hydrogen-bond acceptors (Lipinski definition) is 5. The summed E-state index contributed by atoms with van der Waals surface area (Å²) >= 11 is 12.0. The van der Waals surface area contributed by atoms with Crippen molar-refractivity contribution in [2.24, 2.45) is 0 Å². The Labute approximate surface area is 182 Å². The van der Waals surface area contributed by atoms with E-state index in [-0.39, 0.29) is 11.1 Å². The van der Waals surface area contributed by atoms with Gasteiger partial charge in [0.05, 0.1) is 17.2 Å². The summed E-state index contributed by atoms with van der Waals surface area (Å²) in [5, 5.41) is 3.56. The molecule has 1 N–H and O–H groups in total. The molecule has 3 rings (SSSR count). The van der Waals surface area contributed by atoms with Gasteiger partial charge < -0.3 is 10.1 Å². The molecule has 0 saturated heterocycles. The van der Waals surface area contributed by atoms with E-state index in [1.165, 1.54) is 19.1 Å². The molecule has 0 fully saturated rings. The number of nitrogens with zero attached hydrogens (tertiary/aromatic N) is 1. The van der Waals surface area contributed by atoms with E-state index in [0.717, 1.165) is 4.90 Å². The molecule has 2 aromatic carbocycles. The van der Waals surface area contributed by atoms with Crippen molar-refractivity contribution in [1.82, 2.24) is 10.2 Å². The SMILES string of the molecule is C[C@H](OC(=O)CN1C(=O)c2ccccc2C1=O)C(=O)N[C@H](C)c1ccc(Cl)cc1Cl. The number of nitrogens with one attached hydrogen (secondary N) is 1. The van der Waals surface area contributed by atoms with Crippen LogP contribution in [-0.4, -0.2) is 41.2 Å². The highest BCUT2D eigenvalue weighted by molar-refractivity contribution is 6.35. The van der Waals surface area contributed by atoms with Crippen LogP contribution >= 0.6 is 23.2 Å². The van der Waals surface area contributed by atoms with E-state index in [4.69, 9.17) is 27.9 Å². The fraction of sp³-hybridized carbons (Fsp3) is 0.238. The maximum Gasteiger partial charge on any atom is 0.326 e. The summed E-state index contributed by atoms with van der Waals surface area (Å²) in [5.41, 5.74) is 1.11. The maximum absolute atomic E-state index is 12.4. The highest BCUT2D eigenvalue weighted by Gasteiger charge is 2.37. The van der Waals surface area contributed by atoms with Crippen LogP contribution in [0.1, 0.15) is 46.2 Å². The van der Waals surface area contributed by atoms with Gasteiger partial charge in [0.2, 0.25) is 0 Å². The summed E-state index contributed by atoms with van der Waals surface area (Å²) in [6, 6.07) is 10.7. The van der Waals surface area contributed by atoms with E-state index in [1.807, 2.05) is 0 Å². The van der Waals surface area contributed by atoms with Crippen molar-refractivity contribution in [3.8, 4) is 0 Å². The van der Waals surface area contributed by atoms with E-state index < -0.39 is 42.4 Å².